The van der Waals surface area contributed by atoms with E-state index in [4.69, 9.17) is 0 Å². The molecule has 2 nitrogen and oxygen atoms in total. The second-order valence-corrected chi connectivity index (χ2v) is 5.68. The number of para-hydroxylation sites is 1. The Kier molecular flexibility index (Phi) is 3.38. The van der Waals surface area contributed by atoms with Crippen molar-refractivity contribution in [3.05, 3.63) is 70.9 Å². The number of ketones is 1. The van der Waals surface area contributed by atoms with Crippen molar-refractivity contribution in [3.8, 4) is 0 Å². The predicted octanol–water partition coefficient (Wildman–Crippen LogP) is 4.45. The molecule has 3 rings (SSSR count). The Balaban J connectivity index is 1.94. The van der Waals surface area contributed by atoms with Crippen molar-refractivity contribution in [1.29, 1.82) is 0 Å². The molecule has 2 heteroatoms. The minimum Gasteiger partial charge on any atom is -0.339 e. The molecule has 1 aromatic heterocycles. The maximum atomic E-state index is 12.5. The number of carbonyl (C=O) groups is 1. The summed E-state index contributed by atoms with van der Waals surface area (Å²) in [6.07, 6.45) is 2.06. The normalized spacial score (nSPS) is 11.0. The van der Waals surface area contributed by atoms with Gasteiger partial charge in [-0.2, -0.15) is 0 Å². The van der Waals surface area contributed by atoms with E-state index in [0.29, 0.717) is 6.54 Å². The molecule has 0 saturated heterocycles. The molecule has 0 bridgehead atoms. The van der Waals surface area contributed by atoms with Gasteiger partial charge in [-0.05, 0) is 49.6 Å². The first kappa shape index (κ1) is 13.6. The molecule has 0 saturated carbocycles. The summed E-state index contributed by atoms with van der Waals surface area (Å²) in [5.74, 6) is 0.152. The van der Waals surface area contributed by atoms with Gasteiger partial charge in [-0.25, -0.2) is 0 Å². The molecule has 0 aliphatic heterocycles. The van der Waals surface area contributed by atoms with E-state index in [-0.39, 0.29) is 5.78 Å². The Bertz CT molecular complexity index is 827. The zero-order chi connectivity index (χ0) is 15.0. The lowest BCUT2D eigenvalue weighted by Crippen LogP contribution is -2.09. The number of rotatable bonds is 3. The zero-order valence-corrected chi connectivity index (χ0v) is 12.7. The standard InChI is InChI=1S/C19H19NO/c1-13-8-9-16(10-14(13)2)19(21)12-20-11-15(3)17-6-4-5-7-18(17)20/h4-11H,12H2,1-3H3. The van der Waals surface area contributed by atoms with Gasteiger partial charge in [0.05, 0.1) is 6.54 Å². The van der Waals surface area contributed by atoms with E-state index in [1.165, 1.54) is 16.5 Å². The number of hydrogen-bond acceptors (Lipinski definition) is 1. The summed E-state index contributed by atoms with van der Waals surface area (Å²) in [4.78, 5) is 12.5. The van der Waals surface area contributed by atoms with Crippen LogP contribution in [0.5, 0.6) is 0 Å². The molecular weight excluding hydrogens is 258 g/mol. The number of aromatic nitrogens is 1. The quantitative estimate of drug-likeness (QED) is 0.648. The highest BCUT2D eigenvalue weighted by Crippen LogP contribution is 2.21. The second kappa shape index (κ2) is 5.21. The predicted molar refractivity (Wildman–Crippen MR) is 86.9 cm³/mol. The van der Waals surface area contributed by atoms with E-state index < -0.39 is 0 Å². The van der Waals surface area contributed by atoms with Gasteiger partial charge in [-0.15, -0.1) is 0 Å². The van der Waals surface area contributed by atoms with Crippen LogP contribution in [0, 0.1) is 20.8 Å². The van der Waals surface area contributed by atoms with Crippen molar-refractivity contribution >= 4 is 16.7 Å². The molecule has 106 valence electrons. The van der Waals surface area contributed by atoms with E-state index in [2.05, 4.69) is 32.2 Å². The van der Waals surface area contributed by atoms with Gasteiger partial charge >= 0.3 is 0 Å². The molecule has 0 N–H and O–H groups in total. The van der Waals surface area contributed by atoms with Crippen LogP contribution in [0.15, 0.2) is 48.7 Å². The van der Waals surface area contributed by atoms with Crippen molar-refractivity contribution in [2.75, 3.05) is 0 Å². The number of fused-ring (bicyclic) bond motifs is 1. The van der Waals surface area contributed by atoms with E-state index in [1.54, 1.807) is 0 Å². The molecule has 0 atom stereocenters. The molecule has 2 aromatic carbocycles. The van der Waals surface area contributed by atoms with Gasteiger partial charge in [0.2, 0.25) is 0 Å². The van der Waals surface area contributed by atoms with Crippen LogP contribution in [-0.4, -0.2) is 10.4 Å². The number of carbonyl (C=O) groups excluding carboxylic acids is 1. The van der Waals surface area contributed by atoms with Crippen molar-refractivity contribution in [3.63, 3.8) is 0 Å². The Morgan fingerprint density at radius 2 is 1.71 bits per heavy atom. The Hall–Kier alpha value is -2.35. The van der Waals surface area contributed by atoms with Crippen LogP contribution in [0.2, 0.25) is 0 Å². The van der Waals surface area contributed by atoms with Gasteiger partial charge < -0.3 is 4.57 Å². The van der Waals surface area contributed by atoms with Crippen molar-refractivity contribution in [2.24, 2.45) is 0 Å². The first-order valence-corrected chi connectivity index (χ1v) is 7.21. The van der Waals surface area contributed by atoms with Gasteiger partial charge in [0.25, 0.3) is 0 Å². The van der Waals surface area contributed by atoms with E-state index in [0.717, 1.165) is 16.6 Å². The summed E-state index contributed by atoms with van der Waals surface area (Å²) >= 11 is 0. The highest BCUT2D eigenvalue weighted by molar-refractivity contribution is 5.97. The van der Waals surface area contributed by atoms with E-state index in [9.17, 15) is 4.79 Å². The number of aryl methyl sites for hydroxylation is 3. The van der Waals surface area contributed by atoms with Crippen LogP contribution in [0.25, 0.3) is 10.9 Å². The van der Waals surface area contributed by atoms with Crippen LogP contribution in [0.3, 0.4) is 0 Å². The third-order valence-electron chi connectivity index (χ3n) is 4.13. The highest BCUT2D eigenvalue weighted by atomic mass is 16.1. The highest BCUT2D eigenvalue weighted by Gasteiger charge is 2.11. The van der Waals surface area contributed by atoms with Crippen molar-refractivity contribution < 1.29 is 4.79 Å². The number of benzene rings is 2. The van der Waals surface area contributed by atoms with Gasteiger partial charge in [0, 0.05) is 22.7 Å². The molecule has 0 aliphatic carbocycles. The summed E-state index contributed by atoms with van der Waals surface area (Å²) in [6.45, 7) is 6.57. The Labute approximate surface area is 125 Å². The largest absolute Gasteiger partial charge is 0.339 e. The molecule has 1 heterocycles. The topological polar surface area (TPSA) is 22.0 Å². The summed E-state index contributed by atoms with van der Waals surface area (Å²) in [5, 5.41) is 1.21. The van der Waals surface area contributed by atoms with Gasteiger partial charge in [-0.1, -0.05) is 30.3 Å². The maximum absolute atomic E-state index is 12.5. The van der Waals surface area contributed by atoms with Crippen molar-refractivity contribution in [1.82, 2.24) is 4.57 Å². The Morgan fingerprint density at radius 3 is 2.48 bits per heavy atom. The summed E-state index contributed by atoms with van der Waals surface area (Å²) in [7, 11) is 0. The molecule has 0 amide bonds. The van der Waals surface area contributed by atoms with E-state index in [1.807, 2.05) is 41.8 Å². The van der Waals surface area contributed by atoms with Crippen LogP contribution >= 0.6 is 0 Å². The van der Waals surface area contributed by atoms with Gasteiger partial charge in [-0.3, -0.25) is 4.79 Å². The van der Waals surface area contributed by atoms with Crippen LogP contribution in [-0.2, 0) is 6.54 Å². The number of Topliss-reactive ketones (excluding diaryl/α,β-unsaturated/α-hetero) is 1. The SMILES string of the molecule is Cc1ccc(C(=O)Cn2cc(C)c3ccccc32)cc1C. The fourth-order valence-electron chi connectivity index (χ4n) is 2.72. The van der Waals surface area contributed by atoms with Gasteiger partial charge in [0.1, 0.15) is 0 Å². The molecule has 21 heavy (non-hydrogen) atoms. The lowest BCUT2D eigenvalue weighted by atomic mass is 10.0. The average Bonchev–Trinajstić information content (AvgIpc) is 2.79. The average molecular weight is 277 g/mol. The summed E-state index contributed by atoms with van der Waals surface area (Å²) in [6, 6.07) is 14.1. The maximum Gasteiger partial charge on any atom is 0.182 e. The summed E-state index contributed by atoms with van der Waals surface area (Å²) < 4.78 is 2.04. The molecule has 0 unspecified atom stereocenters. The molecular formula is C19H19NO. The minimum absolute atomic E-state index is 0.152. The number of hydrogen-bond donors (Lipinski definition) is 0. The van der Waals surface area contributed by atoms with Gasteiger partial charge in [0.15, 0.2) is 5.78 Å². The number of nitrogens with zero attached hydrogens (tertiary/aromatic N) is 1. The summed E-state index contributed by atoms with van der Waals surface area (Å²) in [5.41, 5.74) is 5.49. The van der Waals surface area contributed by atoms with Crippen LogP contribution < -0.4 is 0 Å². The van der Waals surface area contributed by atoms with E-state index >= 15 is 0 Å². The molecule has 0 radical (unpaired) electrons. The fourth-order valence-corrected chi connectivity index (χ4v) is 2.72. The second-order valence-electron chi connectivity index (χ2n) is 5.68. The minimum atomic E-state index is 0.152. The molecule has 3 aromatic rings. The third-order valence-corrected chi connectivity index (χ3v) is 4.13. The molecule has 0 fully saturated rings. The smallest absolute Gasteiger partial charge is 0.182 e. The monoisotopic (exact) mass is 277 g/mol. The van der Waals surface area contributed by atoms with Crippen LogP contribution in [0.4, 0.5) is 0 Å². The zero-order valence-electron chi connectivity index (χ0n) is 12.7. The van der Waals surface area contributed by atoms with Crippen molar-refractivity contribution in [2.45, 2.75) is 27.3 Å². The first-order chi connectivity index (χ1) is 10.1. The Morgan fingerprint density at radius 1 is 0.952 bits per heavy atom. The third kappa shape index (κ3) is 2.49. The lowest BCUT2D eigenvalue weighted by Gasteiger charge is -2.07. The fraction of sp³-hybridized carbons (Fsp3) is 0.211. The molecule has 0 spiro atoms. The lowest BCUT2D eigenvalue weighted by molar-refractivity contribution is 0.0973. The van der Waals surface area contributed by atoms with Crippen LogP contribution in [0.1, 0.15) is 27.0 Å². The molecule has 0 aliphatic rings. The first-order valence-electron chi connectivity index (χ1n) is 7.21.